The molecule has 4 rings (SSSR count). The van der Waals surface area contributed by atoms with E-state index >= 15 is 0 Å². The number of rotatable bonds is 8. The van der Waals surface area contributed by atoms with E-state index in [2.05, 4.69) is 30.3 Å². The van der Waals surface area contributed by atoms with Crippen molar-refractivity contribution in [3.05, 3.63) is 52.2 Å². The number of nitrogens with zero attached hydrogens (tertiary/aromatic N) is 2. The number of anilines is 2. The van der Waals surface area contributed by atoms with E-state index in [0.29, 0.717) is 17.1 Å². The highest BCUT2D eigenvalue weighted by atomic mass is 32.2. The Kier molecular flexibility index (Phi) is 7.48. The summed E-state index contributed by atoms with van der Waals surface area (Å²) in [5, 5.41) is 15.4. The van der Waals surface area contributed by atoms with Crippen LogP contribution >= 0.6 is 11.3 Å². The van der Waals surface area contributed by atoms with E-state index in [9.17, 15) is 18.0 Å². The molecule has 1 amide bonds. The monoisotopic (exact) mass is 518 g/mol. The van der Waals surface area contributed by atoms with Gasteiger partial charge in [0.25, 0.3) is 0 Å². The summed E-state index contributed by atoms with van der Waals surface area (Å²) < 4.78 is 28.6. The van der Waals surface area contributed by atoms with Gasteiger partial charge < -0.3 is 15.7 Å². The predicted molar refractivity (Wildman–Crippen MR) is 133 cm³/mol. The average molecular weight is 519 g/mol. The Morgan fingerprint density at radius 1 is 1.20 bits per heavy atom. The van der Waals surface area contributed by atoms with Gasteiger partial charge in [0.15, 0.2) is 0 Å². The first-order valence-electron chi connectivity index (χ1n) is 11.2. The van der Waals surface area contributed by atoms with E-state index in [1.54, 1.807) is 31.3 Å². The second kappa shape index (κ2) is 10.5. The number of H-pyrrole nitrogens is 1. The van der Waals surface area contributed by atoms with Crippen molar-refractivity contribution in [2.75, 3.05) is 11.9 Å². The van der Waals surface area contributed by atoms with Gasteiger partial charge in [-0.3, -0.25) is 4.98 Å². The van der Waals surface area contributed by atoms with E-state index in [4.69, 9.17) is 5.11 Å². The molecule has 0 saturated heterocycles. The summed E-state index contributed by atoms with van der Waals surface area (Å²) in [6.45, 7) is 1.94. The van der Waals surface area contributed by atoms with Crippen molar-refractivity contribution in [1.82, 2.24) is 25.0 Å². The third-order valence-electron chi connectivity index (χ3n) is 5.75. The second-order valence-electron chi connectivity index (χ2n) is 8.19. The van der Waals surface area contributed by atoms with E-state index in [1.165, 1.54) is 23.6 Å². The van der Waals surface area contributed by atoms with Gasteiger partial charge in [-0.1, -0.05) is 13.0 Å². The number of aromatic nitrogens is 3. The Morgan fingerprint density at radius 3 is 2.66 bits per heavy atom. The third kappa shape index (κ3) is 6.05. The van der Waals surface area contributed by atoms with Crippen LogP contribution in [0.3, 0.4) is 0 Å². The number of hydrogen-bond donors (Lipinski definition) is 5. The maximum Gasteiger partial charge on any atom is 0.404 e. The number of carbonyl (C=O) groups is 1. The molecule has 2 heterocycles. The van der Waals surface area contributed by atoms with E-state index in [1.807, 2.05) is 0 Å². The molecule has 1 aliphatic carbocycles. The summed E-state index contributed by atoms with van der Waals surface area (Å²) in [5.74, 6) is 0.594. The molecular weight excluding hydrogens is 492 g/mol. The maximum atomic E-state index is 13.0. The molecule has 35 heavy (non-hydrogen) atoms. The fraction of sp³-hybridized carbons (Fsp3) is 0.364. The van der Waals surface area contributed by atoms with E-state index < -0.39 is 21.8 Å². The van der Waals surface area contributed by atoms with Gasteiger partial charge in [0.1, 0.15) is 5.82 Å². The lowest BCUT2D eigenvalue weighted by Crippen LogP contribution is -2.36. The lowest BCUT2D eigenvalue weighted by atomic mass is 9.86. The highest BCUT2D eigenvalue weighted by Crippen LogP contribution is 2.40. The minimum absolute atomic E-state index is 0.0459. The van der Waals surface area contributed by atoms with Crippen molar-refractivity contribution in [2.24, 2.45) is 0 Å². The van der Waals surface area contributed by atoms with Crippen LogP contribution in [0, 0.1) is 0 Å². The van der Waals surface area contributed by atoms with Crippen molar-refractivity contribution < 1.29 is 18.3 Å². The summed E-state index contributed by atoms with van der Waals surface area (Å²) in [6.07, 6.45) is 5.14. The van der Waals surface area contributed by atoms with Gasteiger partial charge in [-0.05, 0) is 43.9 Å². The van der Waals surface area contributed by atoms with Crippen molar-refractivity contribution in [3.8, 4) is 10.4 Å². The van der Waals surface area contributed by atoms with Gasteiger partial charge in [-0.15, -0.1) is 11.3 Å². The quantitative estimate of drug-likeness (QED) is 0.303. The molecule has 0 radical (unpaired) electrons. The fourth-order valence-corrected chi connectivity index (χ4v) is 6.63. The van der Waals surface area contributed by atoms with Crippen LogP contribution in [-0.2, 0) is 10.0 Å². The van der Waals surface area contributed by atoms with E-state index in [0.717, 1.165) is 35.6 Å². The van der Waals surface area contributed by atoms with Gasteiger partial charge >= 0.3 is 11.8 Å². The Balaban J connectivity index is 1.61. The number of aromatic amines is 1. The number of thiazole rings is 1. The number of carboxylic acid groups (broad SMARTS) is 1. The van der Waals surface area contributed by atoms with E-state index in [-0.39, 0.29) is 23.4 Å². The highest BCUT2D eigenvalue weighted by Gasteiger charge is 2.27. The Labute approximate surface area is 206 Å². The highest BCUT2D eigenvalue weighted by molar-refractivity contribution is 7.89. The minimum atomic E-state index is -3.81. The molecule has 2 aromatic heterocycles. The molecule has 1 saturated carbocycles. The molecule has 186 valence electrons. The van der Waals surface area contributed by atoms with Crippen LogP contribution in [0.25, 0.3) is 10.4 Å². The smallest absolute Gasteiger partial charge is 0.404 e. The number of hydrogen-bond acceptors (Lipinski definition) is 8. The zero-order valence-electron chi connectivity index (χ0n) is 18.9. The zero-order valence-corrected chi connectivity index (χ0v) is 20.6. The van der Waals surface area contributed by atoms with Gasteiger partial charge in [0, 0.05) is 42.1 Å². The molecule has 0 bridgehead atoms. The lowest BCUT2D eigenvalue weighted by Gasteiger charge is -2.27. The Bertz CT molecular complexity index is 1360. The first kappa shape index (κ1) is 24.8. The summed E-state index contributed by atoms with van der Waals surface area (Å²) in [4.78, 5) is 33.9. The average Bonchev–Trinajstić information content (AvgIpc) is 3.29. The predicted octanol–water partition coefficient (Wildman–Crippen LogP) is 3.23. The third-order valence-corrected chi connectivity index (χ3v) is 8.53. The molecule has 0 spiro atoms. The Hall–Kier alpha value is -3.29. The van der Waals surface area contributed by atoms with Gasteiger partial charge in [0.2, 0.25) is 10.0 Å². The lowest BCUT2D eigenvalue weighted by molar-refractivity contribution is 0.185. The zero-order chi connectivity index (χ0) is 25.0. The summed E-state index contributed by atoms with van der Waals surface area (Å²) >= 11 is 1.45. The van der Waals surface area contributed by atoms with Gasteiger partial charge in [-0.2, -0.15) is 0 Å². The van der Waals surface area contributed by atoms with Crippen LogP contribution in [-0.4, -0.2) is 47.2 Å². The molecule has 1 fully saturated rings. The second-order valence-corrected chi connectivity index (χ2v) is 11.0. The normalized spacial score (nSPS) is 18.2. The van der Waals surface area contributed by atoms with Crippen LogP contribution in [0.1, 0.15) is 43.5 Å². The molecule has 0 unspecified atom stereocenters. The van der Waals surface area contributed by atoms with Crippen molar-refractivity contribution >= 4 is 39.0 Å². The summed E-state index contributed by atoms with van der Waals surface area (Å²) in [5.41, 5.74) is 0.503. The molecule has 3 aromatic rings. The maximum absolute atomic E-state index is 13.0. The first-order valence-corrected chi connectivity index (χ1v) is 13.5. The number of benzene rings is 1. The standard InChI is InChI=1S/C22H26N6O5S2/c1-2-25-35(32,33)18-11-15(26-19-9-10-23-21(29)28-19)7-8-16(18)17-12-24-20(34-17)13-3-5-14(6-4-13)27-22(30)31/h7-14,25,27H,2-6H2,1H3,(H,30,31)(H2,23,26,28,29). The SMILES string of the molecule is CCNS(=O)(=O)c1cc(Nc2ccnc(=O)[nH]2)ccc1-c1cnc(C2CCC(NC(=O)O)CC2)s1. The van der Waals surface area contributed by atoms with Gasteiger partial charge in [-0.25, -0.2) is 32.7 Å². The Morgan fingerprint density at radius 2 is 1.97 bits per heavy atom. The molecule has 11 nitrogen and oxygen atoms in total. The number of amides is 1. The first-order chi connectivity index (χ1) is 16.7. The number of nitrogens with one attached hydrogen (secondary N) is 4. The van der Waals surface area contributed by atoms with Crippen LogP contribution in [0.2, 0.25) is 0 Å². The van der Waals surface area contributed by atoms with Crippen LogP contribution in [0.15, 0.2) is 46.3 Å². The van der Waals surface area contributed by atoms with Crippen molar-refractivity contribution in [1.29, 1.82) is 0 Å². The molecule has 0 aliphatic heterocycles. The molecule has 13 heteroatoms. The summed E-state index contributed by atoms with van der Waals surface area (Å²) in [7, 11) is -3.81. The largest absolute Gasteiger partial charge is 0.465 e. The molecule has 5 N–H and O–H groups in total. The molecule has 0 atom stereocenters. The fourth-order valence-electron chi connectivity index (χ4n) is 4.15. The van der Waals surface area contributed by atoms with Crippen LogP contribution in [0.4, 0.5) is 16.3 Å². The molecule has 1 aliphatic rings. The minimum Gasteiger partial charge on any atom is -0.465 e. The molecular formula is C22H26N6O5S2. The molecule has 1 aromatic carbocycles. The number of sulfonamides is 1. The summed E-state index contributed by atoms with van der Waals surface area (Å²) in [6, 6.07) is 6.51. The van der Waals surface area contributed by atoms with Crippen LogP contribution < -0.4 is 21.0 Å². The van der Waals surface area contributed by atoms with Crippen molar-refractivity contribution in [3.63, 3.8) is 0 Å². The topological polar surface area (TPSA) is 166 Å². The van der Waals surface area contributed by atoms with Crippen molar-refractivity contribution in [2.45, 2.75) is 49.5 Å². The van der Waals surface area contributed by atoms with Gasteiger partial charge in [0.05, 0.1) is 14.8 Å². The van der Waals surface area contributed by atoms with Crippen LogP contribution in [0.5, 0.6) is 0 Å².